The molecule has 0 spiro atoms. The molecule has 15 heteroatoms. The normalized spacial score (nSPS) is 27.9. The molecule has 0 radical (unpaired) electrons. The lowest BCUT2D eigenvalue weighted by molar-refractivity contribution is -0.450. The highest BCUT2D eigenvalue weighted by molar-refractivity contribution is 6.74. The second-order valence-corrected chi connectivity index (χ2v) is 31.6. The van der Waals surface area contributed by atoms with Crippen LogP contribution in [0.4, 0.5) is 0 Å². The van der Waals surface area contributed by atoms with Crippen LogP contribution >= 0.6 is 0 Å². The molecule has 1 aromatic carbocycles. The van der Waals surface area contributed by atoms with E-state index in [2.05, 4.69) is 87.4 Å². The van der Waals surface area contributed by atoms with Gasteiger partial charge in [-0.15, -0.1) is 0 Å². The maximum absolute atomic E-state index is 7.40. The summed E-state index contributed by atoms with van der Waals surface area (Å²) in [6, 6.07) is 0. The number of fused-ring (bicyclic) bond motifs is 6. The van der Waals surface area contributed by atoms with Crippen molar-refractivity contribution in [3.05, 3.63) is 33.4 Å². The average molecular weight is 775 g/mol. The SMILES string of the molecule is COC1(OC)c2c3c(c4c(c2C1(OC)O[Si](C)(C)C)C(OC)(O[Si](C)(C)C(C)(C)C)C4(OC)OC)C(OC)(O[Si](C)(C)C(C)(C)C)C3(OC)OC. The lowest BCUT2D eigenvalue weighted by Crippen LogP contribution is -2.78. The quantitative estimate of drug-likeness (QED) is 0.131. The maximum atomic E-state index is 7.40. The molecule has 3 aliphatic carbocycles. The van der Waals surface area contributed by atoms with Gasteiger partial charge in [0.2, 0.25) is 17.4 Å². The Morgan fingerprint density at radius 2 is 0.490 bits per heavy atom. The first-order chi connectivity index (χ1) is 23.1. The third kappa shape index (κ3) is 4.97. The minimum Gasteiger partial charge on any atom is -0.383 e. The Balaban J connectivity index is 2.40. The first-order valence-electron chi connectivity index (χ1n) is 17.5. The molecule has 51 heavy (non-hydrogen) atoms. The van der Waals surface area contributed by atoms with Crippen LogP contribution in [0.15, 0.2) is 0 Å². The number of benzene rings is 1. The van der Waals surface area contributed by atoms with Gasteiger partial charge >= 0.3 is 0 Å². The molecule has 3 unspecified atom stereocenters. The zero-order chi connectivity index (χ0) is 39.4. The van der Waals surface area contributed by atoms with Gasteiger partial charge in [-0.3, -0.25) is 0 Å². The second kappa shape index (κ2) is 12.7. The predicted molar refractivity (Wildman–Crippen MR) is 201 cm³/mol. The lowest BCUT2D eigenvalue weighted by Gasteiger charge is -2.70. The highest BCUT2D eigenvalue weighted by Crippen LogP contribution is 2.78. The topological polar surface area (TPSA) is 111 Å². The van der Waals surface area contributed by atoms with E-state index in [1.807, 2.05) is 0 Å². The van der Waals surface area contributed by atoms with Crippen molar-refractivity contribution in [3.63, 3.8) is 0 Å². The van der Waals surface area contributed by atoms with Crippen molar-refractivity contribution in [1.82, 2.24) is 0 Å². The minimum absolute atomic E-state index is 0.227. The lowest BCUT2D eigenvalue weighted by atomic mass is 9.52. The van der Waals surface area contributed by atoms with Crippen LogP contribution in [0.2, 0.25) is 55.9 Å². The highest BCUT2D eigenvalue weighted by atomic mass is 28.4. The first kappa shape index (κ1) is 43.1. The van der Waals surface area contributed by atoms with Crippen LogP contribution in [0, 0.1) is 0 Å². The van der Waals surface area contributed by atoms with Crippen molar-refractivity contribution in [3.8, 4) is 0 Å². The summed E-state index contributed by atoms with van der Waals surface area (Å²) in [5.41, 5.74) is 3.56. The number of hydrogen-bond acceptors (Lipinski definition) is 12. The van der Waals surface area contributed by atoms with Gasteiger partial charge in [-0.05, 0) is 55.9 Å². The summed E-state index contributed by atoms with van der Waals surface area (Å²) in [5.74, 6) is -9.69. The summed E-state index contributed by atoms with van der Waals surface area (Å²) in [5, 5.41) is -0.456. The molecule has 12 nitrogen and oxygen atoms in total. The molecule has 0 N–H and O–H groups in total. The zero-order valence-electron chi connectivity index (χ0n) is 35.4. The van der Waals surface area contributed by atoms with E-state index in [1.54, 1.807) is 64.0 Å². The Bertz CT molecular complexity index is 1500. The van der Waals surface area contributed by atoms with Gasteiger partial charge in [0.1, 0.15) is 0 Å². The molecular formula is C36H66O12Si3. The van der Waals surface area contributed by atoms with Gasteiger partial charge in [0.25, 0.3) is 17.4 Å². The number of rotatable bonds is 15. The number of ether oxygens (including phenoxy) is 9. The number of methoxy groups -OCH3 is 9. The molecule has 3 atom stereocenters. The highest BCUT2D eigenvalue weighted by Gasteiger charge is 2.86. The Morgan fingerprint density at radius 1 is 0.314 bits per heavy atom. The first-order valence-corrected chi connectivity index (χ1v) is 26.7. The Kier molecular flexibility index (Phi) is 10.7. The van der Waals surface area contributed by atoms with Crippen molar-refractivity contribution < 1.29 is 55.9 Å². The van der Waals surface area contributed by atoms with E-state index >= 15 is 0 Å². The Hall–Kier alpha value is -0.609. The van der Waals surface area contributed by atoms with E-state index in [4.69, 9.17) is 55.9 Å². The summed E-state index contributed by atoms with van der Waals surface area (Å²) >= 11 is 0. The molecular weight excluding hydrogens is 709 g/mol. The van der Waals surface area contributed by atoms with Crippen LogP contribution in [-0.2, 0) is 90.6 Å². The van der Waals surface area contributed by atoms with Gasteiger partial charge in [0.15, 0.2) is 25.0 Å². The van der Waals surface area contributed by atoms with Crippen molar-refractivity contribution in [2.24, 2.45) is 0 Å². The van der Waals surface area contributed by atoms with E-state index in [9.17, 15) is 0 Å². The Morgan fingerprint density at radius 3 is 0.647 bits per heavy atom. The van der Waals surface area contributed by atoms with Gasteiger partial charge in [0.05, 0.1) is 0 Å². The molecule has 0 fully saturated rings. The second-order valence-electron chi connectivity index (χ2n) is 17.7. The smallest absolute Gasteiger partial charge is 0.255 e. The third-order valence-corrected chi connectivity index (χ3v) is 21.9. The van der Waals surface area contributed by atoms with Gasteiger partial charge in [-0.1, -0.05) is 41.5 Å². The average Bonchev–Trinajstić information content (AvgIpc) is 3.01. The Labute approximate surface area is 309 Å². The van der Waals surface area contributed by atoms with Crippen LogP contribution in [0.3, 0.4) is 0 Å². The van der Waals surface area contributed by atoms with E-state index < -0.39 is 59.7 Å². The van der Waals surface area contributed by atoms with Crippen LogP contribution in [0.1, 0.15) is 74.9 Å². The monoisotopic (exact) mass is 774 g/mol. The molecule has 0 aromatic heterocycles. The molecule has 0 bridgehead atoms. The van der Waals surface area contributed by atoms with Gasteiger partial charge in [0, 0.05) is 97.4 Å². The summed E-state index contributed by atoms with van der Waals surface area (Å²) in [4.78, 5) is 0. The summed E-state index contributed by atoms with van der Waals surface area (Å²) in [7, 11) is 6.43. The van der Waals surface area contributed by atoms with E-state index in [1.165, 1.54) is 0 Å². The van der Waals surface area contributed by atoms with Crippen molar-refractivity contribution in [2.75, 3.05) is 64.0 Å². The van der Waals surface area contributed by atoms with Crippen molar-refractivity contribution >= 4 is 25.0 Å². The third-order valence-electron chi connectivity index (χ3n) is 12.2. The number of hydrogen-bond donors (Lipinski definition) is 0. The summed E-state index contributed by atoms with van der Waals surface area (Å²) in [6.07, 6.45) is 0. The molecule has 0 heterocycles. The summed E-state index contributed by atoms with van der Waals surface area (Å²) < 4.78 is 80.4. The van der Waals surface area contributed by atoms with Crippen molar-refractivity contribution in [1.29, 1.82) is 0 Å². The molecule has 1 aromatic rings. The summed E-state index contributed by atoms with van der Waals surface area (Å²) in [6.45, 7) is 27.9. The van der Waals surface area contributed by atoms with Gasteiger partial charge < -0.3 is 55.9 Å². The van der Waals surface area contributed by atoms with Crippen LogP contribution < -0.4 is 0 Å². The van der Waals surface area contributed by atoms with Gasteiger partial charge in [-0.25, -0.2) is 0 Å². The molecule has 0 aliphatic heterocycles. The molecule has 0 saturated carbocycles. The van der Waals surface area contributed by atoms with Gasteiger partial charge in [-0.2, -0.15) is 0 Å². The fourth-order valence-electron chi connectivity index (χ4n) is 7.84. The van der Waals surface area contributed by atoms with E-state index in [0.717, 1.165) is 0 Å². The maximum Gasteiger partial charge on any atom is 0.255 e. The molecule has 3 aliphatic rings. The zero-order valence-corrected chi connectivity index (χ0v) is 38.4. The molecule has 294 valence electrons. The predicted octanol–water partition coefficient (Wildman–Crippen LogP) is 7.36. The van der Waals surface area contributed by atoms with Crippen molar-refractivity contribution in [2.45, 2.75) is 132 Å². The molecule has 0 amide bonds. The molecule has 0 saturated heterocycles. The standard InChI is InChI=1S/C36H66O12Si3/c1-29(2,3)50(19,20)47-35(44-14)26-23(32(35,39-9)40-10)24-27(34(43-13,46-49(16,17)18)31(24,37-7)38-8)28-25(26)33(41-11,42-12)36(28,45-15)48-51(21,22)30(4,5)6/h1-22H3. The fourth-order valence-corrected chi connectivity index (χ4v) is 11.7. The van der Waals surface area contributed by atoms with E-state index in [-0.39, 0.29) is 10.1 Å². The molecule has 4 rings (SSSR count). The largest absolute Gasteiger partial charge is 0.383 e. The fraction of sp³-hybridized carbons (Fsp3) is 0.833. The van der Waals surface area contributed by atoms with Crippen LogP contribution in [0.5, 0.6) is 0 Å². The minimum atomic E-state index is -2.68. The van der Waals surface area contributed by atoms with E-state index in [0.29, 0.717) is 33.4 Å². The van der Waals surface area contributed by atoms with Crippen LogP contribution in [0.25, 0.3) is 0 Å². The van der Waals surface area contributed by atoms with Crippen LogP contribution in [-0.4, -0.2) is 88.9 Å².